The minimum atomic E-state index is -0.504. The zero-order valence-corrected chi connectivity index (χ0v) is 14.9. The maximum atomic E-state index is 12.9. The number of ether oxygens (including phenoxy) is 1. The summed E-state index contributed by atoms with van der Waals surface area (Å²) in [7, 11) is 0. The van der Waals surface area contributed by atoms with Gasteiger partial charge in [-0.2, -0.15) is 0 Å². The first-order valence-corrected chi connectivity index (χ1v) is 8.64. The van der Waals surface area contributed by atoms with Crippen LogP contribution in [-0.2, 0) is 11.2 Å². The van der Waals surface area contributed by atoms with Crippen molar-refractivity contribution < 1.29 is 9.53 Å². The fourth-order valence-corrected chi connectivity index (χ4v) is 3.25. The molecule has 24 heavy (non-hydrogen) atoms. The maximum Gasteiger partial charge on any atom is 0.267 e. The fraction of sp³-hybridized carbons (Fsp3) is 0.381. The van der Waals surface area contributed by atoms with Crippen LogP contribution in [0.25, 0.3) is 0 Å². The number of rotatable bonds is 4. The van der Waals surface area contributed by atoms with Gasteiger partial charge in [-0.1, -0.05) is 44.2 Å². The predicted molar refractivity (Wildman–Crippen MR) is 97.9 cm³/mol. The molecule has 0 aliphatic carbocycles. The van der Waals surface area contributed by atoms with E-state index in [0.29, 0.717) is 5.92 Å². The number of para-hydroxylation sites is 1. The largest absolute Gasteiger partial charge is 0.481 e. The molecule has 3 heteroatoms. The molecular weight excluding hydrogens is 298 g/mol. The van der Waals surface area contributed by atoms with Gasteiger partial charge in [0.1, 0.15) is 5.75 Å². The molecule has 0 N–H and O–H groups in total. The van der Waals surface area contributed by atoms with Crippen LogP contribution in [-0.4, -0.2) is 18.6 Å². The molecule has 1 amide bonds. The Bertz CT molecular complexity index is 751. The molecular formula is C21H25NO2. The van der Waals surface area contributed by atoms with Crippen molar-refractivity contribution in [2.24, 2.45) is 0 Å². The highest BCUT2D eigenvalue weighted by Gasteiger charge is 2.29. The smallest absolute Gasteiger partial charge is 0.267 e. The molecule has 0 bridgehead atoms. The number of anilines is 1. The Balaban J connectivity index is 1.80. The summed E-state index contributed by atoms with van der Waals surface area (Å²) in [5, 5.41) is 0. The second-order valence-electron chi connectivity index (χ2n) is 6.82. The first kappa shape index (κ1) is 16.6. The summed E-state index contributed by atoms with van der Waals surface area (Å²) in [6.07, 6.45) is 0.409. The second-order valence-corrected chi connectivity index (χ2v) is 6.82. The Morgan fingerprint density at radius 2 is 1.88 bits per heavy atom. The first-order valence-electron chi connectivity index (χ1n) is 8.64. The second kappa shape index (κ2) is 6.68. The summed E-state index contributed by atoms with van der Waals surface area (Å²) in [5.41, 5.74) is 4.53. The van der Waals surface area contributed by atoms with Gasteiger partial charge in [0.05, 0.1) is 0 Å². The molecule has 0 saturated heterocycles. The fourth-order valence-electron chi connectivity index (χ4n) is 3.25. The van der Waals surface area contributed by atoms with Crippen LogP contribution in [0.1, 0.15) is 43.4 Å². The van der Waals surface area contributed by atoms with Crippen LogP contribution in [0.2, 0.25) is 0 Å². The van der Waals surface area contributed by atoms with E-state index in [9.17, 15) is 4.79 Å². The van der Waals surface area contributed by atoms with E-state index in [1.165, 1.54) is 5.56 Å². The molecule has 126 valence electrons. The van der Waals surface area contributed by atoms with E-state index in [-0.39, 0.29) is 5.91 Å². The quantitative estimate of drug-likeness (QED) is 0.830. The maximum absolute atomic E-state index is 12.9. The Kier molecular flexibility index (Phi) is 4.61. The zero-order chi connectivity index (χ0) is 17.3. The van der Waals surface area contributed by atoms with Gasteiger partial charge in [-0.25, -0.2) is 0 Å². The number of benzene rings is 2. The van der Waals surface area contributed by atoms with Crippen LogP contribution < -0.4 is 9.64 Å². The Morgan fingerprint density at radius 3 is 2.62 bits per heavy atom. The molecule has 1 aliphatic rings. The van der Waals surface area contributed by atoms with Gasteiger partial charge in [0, 0.05) is 12.2 Å². The van der Waals surface area contributed by atoms with Gasteiger partial charge in [0.25, 0.3) is 5.91 Å². The van der Waals surface area contributed by atoms with Crippen molar-refractivity contribution in [3.63, 3.8) is 0 Å². The van der Waals surface area contributed by atoms with Crippen molar-refractivity contribution >= 4 is 11.6 Å². The lowest BCUT2D eigenvalue weighted by atomic mass is 10.0. The Morgan fingerprint density at radius 1 is 1.12 bits per heavy atom. The van der Waals surface area contributed by atoms with E-state index >= 15 is 0 Å². The van der Waals surface area contributed by atoms with E-state index in [0.717, 1.165) is 35.5 Å². The van der Waals surface area contributed by atoms with Crippen molar-refractivity contribution in [2.45, 2.75) is 46.1 Å². The summed E-state index contributed by atoms with van der Waals surface area (Å²) in [6.45, 7) is 8.90. The van der Waals surface area contributed by atoms with Gasteiger partial charge >= 0.3 is 0 Å². The van der Waals surface area contributed by atoms with Crippen LogP contribution in [0.15, 0.2) is 42.5 Å². The van der Waals surface area contributed by atoms with Crippen LogP contribution in [0.4, 0.5) is 5.69 Å². The summed E-state index contributed by atoms with van der Waals surface area (Å²) < 4.78 is 6.09. The molecule has 0 aromatic heterocycles. The van der Waals surface area contributed by atoms with Crippen molar-refractivity contribution in [2.75, 3.05) is 11.4 Å². The molecule has 3 rings (SSSR count). The summed E-state index contributed by atoms with van der Waals surface area (Å²) >= 11 is 0. The van der Waals surface area contributed by atoms with Crippen molar-refractivity contribution in [1.82, 2.24) is 0 Å². The number of carbonyl (C=O) groups excluding carboxylic acids is 1. The summed E-state index contributed by atoms with van der Waals surface area (Å²) in [6, 6.07) is 14.3. The monoisotopic (exact) mass is 323 g/mol. The SMILES string of the molecule is Cc1ccc(C(C)C)c(O[C@H](C)C(=O)N2CCc3ccccc32)c1. The van der Waals surface area contributed by atoms with E-state index in [4.69, 9.17) is 4.74 Å². The highest BCUT2D eigenvalue weighted by atomic mass is 16.5. The molecule has 0 spiro atoms. The van der Waals surface area contributed by atoms with Gasteiger partial charge in [0.2, 0.25) is 0 Å². The molecule has 1 aliphatic heterocycles. The third kappa shape index (κ3) is 3.16. The molecule has 0 fully saturated rings. The molecule has 0 saturated carbocycles. The van der Waals surface area contributed by atoms with E-state index in [1.54, 1.807) is 0 Å². The van der Waals surface area contributed by atoms with Crippen LogP contribution in [0.5, 0.6) is 5.75 Å². The number of carbonyl (C=O) groups is 1. The van der Waals surface area contributed by atoms with E-state index < -0.39 is 6.10 Å². The molecule has 3 nitrogen and oxygen atoms in total. The number of aryl methyl sites for hydroxylation is 1. The van der Waals surface area contributed by atoms with Crippen molar-refractivity contribution in [3.8, 4) is 5.75 Å². The number of fused-ring (bicyclic) bond motifs is 1. The average Bonchev–Trinajstić information content (AvgIpc) is 2.97. The van der Waals surface area contributed by atoms with E-state index in [2.05, 4.69) is 32.0 Å². The molecule has 0 radical (unpaired) electrons. The molecule has 2 aromatic carbocycles. The van der Waals surface area contributed by atoms with Crippen molar-refractivity contribution in [1.29, 1.82) is 0 Å². The average molecular weight is 323 g/mol. The third-order valence-electron chi connectivity index (χ3n) is 4.60. The normalized spacial score (nSPS) is 14.6. The van der Waals surface area contributed by atoms with Gasteiger partial charge in [-0.05, 0) is 55.0 Å². The predicted octanol–water partition coefficient (Wildman–Crippen LogP) is 4.48. The number of hydrogen-bond donors (Lipinski definition) is 0. The molecule has 2 aromatic rings. The lowest BCUT2D eigenvalue weighted by Gasteiger charge is -2.24. The number of nitrogens with zero attached hydrogens (tertiary/aromatic N) is 1. The van der Waals surface area contributed by atoms with Gasteiger partial charge in [-0.15, -0.1) is 0 Å². The Hall–Kier alpha value is -2.29. The van der Waals surface area contributed by atoms with Crippen molar-refractivity contribution in [3.05, 3.63) is 59.2 Å². The molecule has 1 heterocycles. The van der Waals surface area contributed by atoms with E-state index in [1.807, 2.05) is 43.0 Å². The Labute approximate surface area is 144 Å². The van der Waals surface area contributed by atoms with Gasteiger partial charge in [0.15, 0.2) is 6.10 Å². The number of amides is 1. The van der Waals surface area contributed by atoms with Gasteiger partial charge < -0.3 is 9.64 Å². The molecule has 1 atom stereocenters. The third-order valence-corrected chi connectivity index (χ3v) is 4.60. The molecule has 0 unspecified atom stereocenters. The lowest BCUT2D eigenvalue weighted by Crippen LogP contribution is -2.39. The zero-order valence-electron chi connectivity index (χ0n) is 14.9. The summed E-state index contributed by atoms with van der Waals surface area (Å²) in [4.78, 5) is 14.7. The minimum absolute atomic E-state index is 0.0242. The van der Waals surface area contributed by atoms with Crippen LogP contribution in [0.3, 0.4) is 0 Å². The lowest BCUT2D eigenvalue weighted by molar-refractivity contribution is -0.124. The first-order chi connectivity index (χ1) is 11.5. The van der Waals surface area contributed by atoms with Crippen LogP contribution in [0, 0.1) is 6.92 Å². The highest BCUT2D eigenvalue weighted by Crippen LogP contribution is 2.31. The summed E-state index contributed by atoms with van der Waals surface area (Å²) in [5.74, 6) is 1.20. The number of hydrogen-bond acceptors (Lipinski definition) is 2. The standard InChI is InChI=1S/C21H25NO2/c1-14(2)18-10-9-15(3)13-20(18)24-16(4)21(23)22-12-11-17-7-5-6-8-19(17)22/h5-10,13-14,16H,11-12H2,1-4H3/t16-/m1/s1. The highest BCUT2D eigenvalue weighted by molar-refractivity contribution is 5.98. The topological polar surface area (TPSA) is 29.5 Å². The van der Waals surface area contributed by atoms with Crippen LogP contribution >= 0.6 is 0 Å². The minimum Gasteiger partial charge on any atom is -0.481 e. The van der Waals surface area contributed by atoms with Gasteiger partial charge in [-0.3, -0.25) is 4.79 Å².